The molecule has 9 nitrogen and oxygen atoms in total. The zero-order valence-corrected chi connectivity index (χ0v) is 7.43. The molecule has 1 heterocycles. The Labute approximate surface area is 83.0 Å². The summed E-state index contributed by atoms with van der Waals surface area (Å²) >= 11 is 0. The number of urea groups is 2. The van der Waals surface area contributed by atoms with Gasteiger partial charge in [0, 0.05) is 12.3 Å². The summed E-state index contributed by atoms with van der Waals surface area (Å²) in [5, 5.41) is 2.04. The molecule has 0 fully saturated rings. The van der Waals surface area contributed by atoms with Crippen LogP contribution in [-0.2, 0) is 0 Å². The number of amides is 4. The van der Waals surface area contributed by atoms with E-state index in [-0.39, 0.29) is 5.95 Å². The van der Waals surface area contributed by atoms with Crippen molar-refractivity contribution in [1.82, 2.24) is 9.66 Å². The van der Waals surface area contributed by atoms with E-state index in [1.54, 1.807) is 0 Å². The second-order valence-electron chi connectivity index (χ2n) is 2.41. The molecular weight excluding hydrogens is 204 g/mol. The van der Waals surface area contributed by atoms with Crippen molar-refractivity contribution in [2.45, 2.75) is 0 Å². The van der Waals surface area contributed by atoms with E-state index in [9.17, 15) is 14.4 Å². The number of nitrogens with one attached hydrogen (secondary N) is 2. The van der Waals surface area contributed by atoms with E-state index in [0.29, 0.717) is 4.68 Å². The minimum atomic E-state index is -0.974. The molecular formula is C6H8N6O3. The van der Waals surface area contributed by atoms with Crippen molar-refractivity contribution >= 4 is 18.0 Å². The Morgan fingerprint density at radius 2 is 2.00 bits per heavy atom. The van der Waals surface area contributed by atoms with Crippen LogP contribution in [0.1, 0.15) is 0 Å². The summed E-state index contributed by atoms with van der Waals surface area (Å²) in [7, 11) is 0. The van der Waals surface area contributed by atoms with E-state index in [1.807, 2.05) is 10.7 Å². The molecule has 0 aliphatic rings. The average molecular weight is 212 g/mol. The number of nitrogens with two attached hydrogens (primary N) is 2. The first-order valence-electron chi connectivity index (χ1n) is 3.71. The van der Waals surface area contributed by atoms with Crippen LogP contribution in [0.3, 0.4) is 0 Å². The van der Waals surface area contributed by atoms with E-state index in [2.05, 4.69) is 4.98 Å². The third-order valence-electron chi connectivity index (χ3n) is 1.30. The Bertz CT molecular complexity index is 452. The smallest absolute Gasteiger partial charge is 0.331 e. The van der Waals surface area contributed by atoms with Crippen molar-refractivity contribution in [3.05, 3.63) is 22.6 Å². The molecule has 0 bridgehead atoms. The number of anilines is 1. The predicted molar refractivity (Wildman–Crippen MR) is 50.6 cm³/mol. The van der Waals surface area contributed by atoms with E-state index in [1.165, 1.54) is 0 Å². The molecule has 0 saturated carbocycles. The van der Waals surface area contributed by atoms with Crippen molar-refractivity contribution in [1.29, 1.82) is 0 Å². The summed E-state index contributed by atoms with van der Waals surface area (Å²) < 4.78 is 0.660. The second-order valence-corrected chi connectivity index (χ2v) is 2.41. The van der Waals surface area contributed by atoms with Gasteiger partial charge in [-0.25, -0.2) is 20.0 Å². The molecule has 0 radical (unpaired) electrons. The van der Waals surface area contributed by atoms with E-state index in [4.69, 9.17) is 11.5 Å². The third kappa shape index (κ3) is 2.69. The predicted octanol–water partition coefficient (Wildman–Crippen LogP) is -1.64. The molecule has 0 unspecified atom stereocenters. The largest absolute Gasteiger partial charge is 0.351 e. The highest BCUT2D eigenvalue weighted by atomic mass is 16.2. The number of carbonyl (C=O) groups is 2. The Kier molecular flexibility index (Phi) is 2.86. The van der Waals surface area contributed by atoms with Crippen LogP contribution >= 0.6 is 0 Å². The number of hydrogen-bond acceptors (Lipinski definition) is 4. The Morgan fingerprint density at radius 3 is 2.53 bits per heavy atom. The van der Waals surface area contributed by atoms with Gasteiger partial charge in [-0.1, -0.05) is 0 Å². The Hall–Kier alpha value is -2.58. The summed E-state index contributed by atoms with van der Waals surface area (Å²) in [6, 6.07) is -0.826. The number of rotatable bonds is 2. The SMILES string of the molecule is NC(=O)Nc1nccc(=O)n1NC(N)=O. The standard InChI is InChI=1S/C6H8N6O3/c7-4(14)10-6-9-2-1-3(13)12(6)11-5(8)15/h1-2H,(H3,8,11,15)(H3,7,9,10,14). The first-order chi connectivity index (χ1) is 7.00. The zero-order chi connectivity index (χ0) is 11.4. The van der Waals surface area contributed by atoms with Crippen molar-refractivity contribution in [3.8, 4) is 0 Å². The minimum Gasteiger partial charge on any atom is -0.351 e. The van der Waals surface area contributed by atoms with Crippen LogP contribution in [0.5, 0.6) is 0 Å². The van der Waals surface area contributed by atoms with E-state index < -0.39 is 17.6 Å². The van der Waals surface area contributed by atoms with E-state index in [0.717, 1.165) is 12.3 Å². The maximum absolute atomic E-state index is 11.2. The molecule has 1 aromatic heterocycles. The average Bonchev–Trinajstić information content (AvgIpc) is 2.09. The van der Waals surface area contributed by atoms with E-state index >= 15 is 0 Å². The number of primary amides is 2. The van der Waals surface area contributed by atoms with Gasteiger partial charge in [0.1, 0.15) is 0 Å². The van der Waals surface area contributed by atoms with Crippen LogP contribution in [0.25, 0.3) is 0 Å². The molecule has 0 saturated heterocycles. The number of hydrogen-bond donors (Lipinski definition) is 4. The van der Waals surface area contributed by atoms with Gasteiger partial charge < -0.3 is 11.5 Å². The lowest BCUT2D eigenvalue weighted by atomic mass is 10.6. The maximum Gasteiger partial charge on any atom is 0.331 e. The van der Waals surface area contributed by atoms with Gasteiger partial charge in [-0.2, -0.15) is 4.68 Å². The summed E-state index contributed by atoms with van der Waals surface area (Å²) in [5.41, 5.74) is 11.0. The molecule has 4 amide bonds. The lowest BCUT2D eigenvalue weighted by Gasteiger charge is -2.09. The van der Waals surface area contributed by atoms with Crippen molar-refractivity contribution in [2.24, 2.45) is 11.5 Å². The molecule has 80 valence electrons. The molecule has 0 aliphatic carbocycles. The Balaban J connectivity index is 3.14. The van der Waals surface area contributed by atoms with Crippen LogP contribution < -0.4 is 27.8 Å². The minimum absolute atomic E-state index is 0.228. The fraction of sp³-hybridized carbons (Fsp3) is 0. The highest BCUT2D eigenvalue weighted by molar-refractivity contribution is 5.86. The van der Waals surface area contributed by atoms with Gasteiger partial charge in [-0.05, 0) is 0 Å². The fourth-order valence-corrected chi connectivity index (χ4v) is 0.825. The molecule has 0 aliphatic heterocycles. The van der Waals surface area contributed by atoms with Crippen LogP contribution in [0.2, 0.25) is 0 Å². The van der Waals surface area contributed by atoms with Gasteiger partial charge in [0.25, 0.3) is 5.56 Å². The molecule has 0 atom stereocenters. The number of aromatic nitrogens is 2. The summed E-state index contributed by atoms with van der Waals surface area (Å²) in [4.78, 5) is 35.9. The summed E-state index contributed by atoms with van der Waals surface area (Å²) in [6.45, 7) is 0. The topological polar surface area (TPSA) is 145 Å². The summed E-state index contributed by atoms with van der Waals surface area (Å²) in [5.74, 6) is -0.228. The van der Waals surface area contributed by atoms with Crippen LogP contribution in [-0.4, -0.2) is 21.7 Å². The second kappa shape index (κ2) is 4.09. The van der Waals surface area contributed by atoms with Crippen molar-refractivity contribution in [2.75, 3.05) is 10.7 Å². The fourth-order valence-electron chi connectivity index (χ4n) is 0.825. The highest BCUT2D eigenvalue weighted by Gasteiger charge is 2.07. The number of nitrogens with zero attached hydrogens (tertiary/aromatic N) is 2. The number of carbonyl (C=O) groups excluding carboxylic acids is 2. The monoisotopic (exact) mass is 212 g/mol. The lowest BCUT2D eigenvalue weighted by Crippen LogP contribution is -2.39. The van der Waals surface area contributed by atoms with Crippen molar-refractivity contribution in [3.63, 3.8) is 0 Å². The van der Waals surface area contributed by atoms with Gasteiger partial charge in [-0.15, -0.1) is 0 Å². The van der Waals surface area contributed by atoms with Gasteiger partial charge in [0.05, 0.1) is 0 Å². The Morgan fingerprint density at radius 1 is 1.33 bits per heavy atom. The van der Waals surface area contributed by atoms with Crippen LogP contribution in [0.15, 0.2) is 17.1 Å². The third-order valence-corrected chi connectivity index (χ3v) is 1.30. The van der Waals surface area contributed by atoms with Crippen LogP contribution in [0, 0.1) is 0 Å². The molecule has 15 heavy (non-hydrogen) atoms. The van der Waals surface area contributed by atoms with Crippen molar-refractivity contribution < 1.29 is 9.59 Å². The normalized spacial score (nSPS) is 9.33. The maximum atomic E-state index is 11.2. The van der Waals surface area contributed by atoms with Gasteiger partial charge in [0.15, 0.2) is 0 Å². The molecule has 1 aromatic rings. The molecule has 0 spiro atoms. The first-order valence-corrected chi connectivity index (χ1v) is 3.71. The molecule has 0 aromatic carbocycles. The lowest BCUT2D eigenvalue weighted by molar-refractivity contribution is 0.255. The molecule has 1 rings (SSSR count). The van der Waals surface area contributed by atoms with Gasteiger partial charge >= 0.3 is 12.1 Å². The first kappa shape index (κ1) is 10.5. The van der Waals surface area contributed by atoms with Gasteiger partial charge in [-0.3, -0.25) is 10.1 Å². The summed E-state index contributed by atoms with van der Waals surface area (Å²) in [6.07, 6.45) is 1.15. The van der Waals surface area contributed by atoms with Crippen LogP contribution in [0.4, 0.5) is 15.5 Å². The zero-order valence-electron chi connectivity index (χ0n) is 7.43. The molecule has 9 heteroatoms. The van der Waals surface area contributed by atoms with Gasteiger partial charge in [0.2, 0.25) is 5.95 Å². The molecule has 6 N–H and O–H groups in total. The quantitative estimate of drug-likeness (QED) is 0.465. The highest BCUT2D eigenvalue weighted by Crippen LogP contribution is 1.94.